The maximum Gasteiger partial charge on any atom is 0.252 e. The molecule has 0 aliphatic heterocycles. The van der Waals surface area contributed by atoms with Gasteiger partial charge < -0.3 is 15.0 Å². The lowest BCUT2D eigenvalue weighted by Gasteiger charge is -2.09. The first-order valence-corrected chi connectivity index (χ1v) is 9.07. The van der Waals surface area contributed by atoms with Crippen LogP contribution in [-0.2, 0) is 23.6 Å². The molecule has 0 bridgehead atoms. The number of sulfonamides is 1. The molecule has 12 heteroatoms. The minimum absolute atomic E-state index is 0.0444. The molecule has 27 heavy (non-hydrogen) atoms. The van der Waals surface area contributed by atoms with Crippen LogP contribution < -0.4 is 15.2 Å². The maximum atomic E-state index is 12.5. The van der Waals surface area contributed by atoms with Crippen molar-refractivity contribution >= 4 is 15.9 Å². The van der Waals surface area contributed by atoms with Crippen LogP contribution in [0.1, 0.15) is 16.2 Å². The molecule has 0 unspecified atom stereocenters. The zero-order valence-corrected chi connectivity index (χ0v) is 15.2. The lowest BCUT2D eigenvalue weighted by atomic mass is 10.2. The number of benzene rings is 1. The molecule has 0 radical (unpaired) electrons. The highest BCUT2D eigenvalue weighted by molar-refractivity contribution is 7.89. The van der Waals surface area contributed by atoms with E-state index in [1.165, 1.54) is 19.2 Å². The quantitative estimate of drug-likeness (QED) is 0.571. The maximum absolute atomic E-state index is 12.5. The largest absolute Gasteiger partial charge is 0.496 e. The van der Waals surface area contributed by atoms with E-state index in [9.17, 15) is 13.2 Å². The second-order valence-corrected chi connectivity index (χ2v) is 7.23. The smallest absolute Gasteiger partial charge is 0.252 e. The number of primary amides is 1. The number of aromatic nitrogens is 4. The number of amides is 1. The fourth-order valence-corrected chi connectivity index (χ4v) is 3.27. The molecule has 0 fully saturated rings. The molecule has 0 spiro atoms. The summed E-state index contributed by atoms with van der Waals surface area (Å²) >= 11 is 0. The van der Waals surface area contributed by atoms with Crippen molar-refractivity contribution in [2.24, 2.45) is 12.8 Å². The first-order valence-electron chi connectivity index (χ1n) is 7.59. The Hall–Kier alpha value is -3.25. The van der Waals surface area contributed by atoms with Crippen molar-refractivity contribution in [1.82, 2.24) is 24.6 Å². The lowest BCUT2D eigenvalue weighted by molar-refractivity contribution is 0.0997. The zero-order chi connectivity index (χ0) is 19.6. The number of nitrogens with one attached hydrogen (secondary N) is 1. The summed E-state index contributed by atoms with van der Waals surface area (Å²) < 4.78 is 38.8. The van der Waals surface area contributed by atoms with E-state index in [2.05, 4.69) is 20.0 Å². The summed E-state index contributed by atoms with van der Waals surface area (Å²) in [5.74, 6) is -0.264. The van der Waals surface area contributed by atoms with Crippen LogP contribution in [0.3, 0.4) is 0 Å². The number of rotatable bonds is 7. The van der Waals surface area contributed by atoms with E-state index in [1.54, 1.807) is 24.1 Å². The zero-order valence-electron chi connectivity index (χ0n) is 14.4. The van der Waals surface area contributed by atoms with Crippen LogP contribution >= 0.6 is 0 Å². The van der Waals surface area contributed by atoms with Gasteiger partial charge in [-0.05, 0) is 18.2 Å². The molecule has 0 aliphatic carbocycles. The first kappa shape index (κ1) is 18.5. The van der Waals surface area contributed by atoms with E-state index in [0.29, 0.717) is 5.56 Å². The van der Waals surface area contributed by atoms with E-state index in [0.717, 1.165) is 6.07 Å². The Morgan fingerprint density at radius 1 is 1.41 bits per heavy atom. The first-order chi connectivity index (χ1) is 12.8. The fourth-order valence-electron chi connectivity index (χ4n) is 2.27. The Balaban J connectivity index is 1.77. The highest BCUT2D eigenvalue weighted by Gasteiger charge is 2.20. The number of hydrogen-bond donors (Lipinski definition) is 2. The van der Waals surface area contributed by atoms with E-state index < -0.39 is 15.9 Å². The highest BCUT2D eigenvalue weighted by Crippen LogP contribution is 2.22. The molecule has 1 aromatic carbocycles. The average molecular weight is 392 g/mol. The van der Waals surface area contributed by atoms with Crippen molar-refractivity contribution in [1.29, 1.82) is 0 Å². The Kier molecular flexibility index (Phi) is 4.92. The molecule has 3 rings (SSSR count). The van der Waals surface area contributed by atoms with E-state index in [1.807, 2.05) is 0 Å². The minimum Gasteiger partial charge on any atom is -0.496 e. The van der Waals surface area contributed by atoms with Crippen molar-refractivity contribution < 1.29 is 22.5 Å². The number of hydrogen-bond acceptors (Lipinski definition) is 8. The fraction of sp³-hybridized carbons (Fsp3) is 0.200. The van der Waals surface area contributed by atoms with Crippen molar-refractivity contribution in [3.05, 3.63) is 42.0 Å². The van der Waals surface area contributed by atoms with Crippen LogP contribution in [0.25, 0.3) is 11.4 Å². The number of methoxy groups -OCH3 is 1. The second-order valence-electron chi connectivity index (χ2n) is 5.47. The number of ether oxygens (including phenoxy) is 1. The monoisotopic (exact) mass is 392 g/mol. The van der Waals surface area contributed by atoms with Crippen LogP contribution in [0.2, 0.25) is 0 Å². The molecule has 0 saturated carbocycles. The van der Waals surface area contributed by atoms with Crippen LogP contribution in [-0.4, -0.2) is 41.4 Å². The molecule has 3 aromatic rings. The van der Waals surface area contributed by atoms with Gasteiger partial charge in [0.15, 0.2) is 0 Å². The molecule has 0 saturated heterocycles. The van der Waals surface area contributed by atoms with Crippen molar-refractivity contribution in [2.75, 3.05) is 7.11 Å². The van der Waals surface area contributed by atoms with Crippen molar-refractivity contribution in [3.8, 4) is 17.1 Å². The summed E-state index contributed by atoms with van der Waals surface area (Å²) in [6.45, 7) is -0.229. The number of carbonyl (C=O) groups is 1. The molecule has 2 aromatic heterocycles. The SMILES string of the molecule is COc1ccc(S(=O)(=O)NCc2nc(-c3cnn(C)c3)no2)cc1C(N)=O. The second kappa shape index (κ2) is 7.17. The molecular formula is C15H16N6O5S. The number of carbonyl (C=O) groups excluding carboxylic acids is 1. The Morgan fingerprint density at radius 2 is 2.19 bits per heavy atom. The van der Waals surface area contributed by atoms with Gasteiger partial charge >= 0.3 is 0 Å². The van der Waals surface area contributed by atoms with Gasteiger partial charge in [-0.15, -0.1) is 0 Å². The summed E-state index contributed by atoms with van der Waals surface area (Å²) in [6, 6.07) is 3.78. The van der Waals surface area contributed by atoms with Crippen LogP contribution in [0, 0.1) is 0 Å². The summed E-state index contributed by atoms with van der Waals surface area (Å²) in [4.78, 5) is 15.4. The standard InChI is InChI=1S/C15H16N6O5S/c1-21-8-9(6-17-21)15-19-13(26-20-15)7-18-27(23,24)10-3-4-12(25-2)11(5-10)14(16)22/h3-6,8,18H,7H2,1-2H3,(H2,16,22). The molecular weight excluding hydrogens is 376 g/mol. The van der Waals surface area contributed by atoms with Crippen LogP contribution in [0.15, 0.2) is 40.0 Å². The third-order valence-corrected chi connectivity index (χ3v) is 4.99. The van der Waals surface area contributed by atoms with Gasteiger partial charge in [0.2, 0.25) is 21.7 Å². The van der Waals surface area contributed by atoms with E-state index in [-0.39, 0.29) is 34.5 Å². The predicted molar refractivity (Wildman–Crippen MR) is 92.0 cm³/mol. The van der Waals surface area contributed by atoms with Crippen LogP contribution in [0.4, 0.5) is 0 Å². The normalized spacial score (nSPS) is 11.5. The third kappa shape index (κ3) is 3.96. The molecule has 11 nitrogen and oxygen atoms in total. The topological polar surface area (TPSA) is 155 Å². The molecule has 3 N–H and O–H groups in total. The van der Waals surface area contributed by atoms with E-state index in [4.69, 9.17) is 15.0 Å². The summed E-state index contributed by atoms with van der Waals surface area (Å²) in [5.41, 5.74) is 5.84. The Morgan fingerprint density at radius 3 is 2.81 bits per heavy atom. The summed E-state index contributed by atoms with van der Waals surface area (Å²) in [7, 11) is -0.854. The van der Waals surface area contributed by atoms with Gasteiger partial charge in [-0.25, -0.2) is 13.1 Å². The third-order valence-electron chi connectivity index (χ3n) is 3.59. The number of nitrogens with two attached hydrogens (primary N) is 1. The molecule has 1 amide bonds. The van der Waals surface area contributed by atoms with Gasteiger partial charge in [-0.2, -0.15) is 10.1 Å². The van der Waals surface area contributed by atoms with E-state index >= 15 is 0 Å². The molecule has 0 aliphatic rings. The van der Waals surface area contributed by atoms with Crippen molar-refractivity contribution in [3.63, 3.8) is 0 Å². The van der Waals surface area contributed by atoms with Gasteiger partial charge in [0.05, 0.1) is 35.9 Å². The summed E-state index contributed by atoms with van der Waals surface area (Å²) in [5, 5.41) is 7.78. The van der Waals surface area contributed by atoms with Gasteiger partial charge in [-0.3, -0.25) is 9.48 Å². The Bertz CT molecular complexity index is 1090. The number of nitrogens with zero attached hydrogens (tertiary/aromatic N) is 4. The lowest BCUT2D eigenvalue weighted by Crippen LogP contribution is -2.24. The average Bonchev–Trinajstić information content (AvgIpc) is 3.28. The molecule has 2 heterocycles. The van der Waals surface area contributed by atoms with Gasteiger partial charge in [0.1, 0.15) is 5.75 Å². The minimum atomic E-state index is -3.95. The van der Waals surface area contributed by atoms with Crippen molar-refractivity contribution in [2.45, 2.75) is 11.4 Å². The van der Waals surface area contributed by atoms with Gasteiger partial charge in [0, 0.05) is 13.2 Å². The van der Waals surface area contributed by atoms with Gasteiger partial charge in [-0.1, -0.05) is 5.16 Å². The highest BCUT2D eigenvalue weighted by atomic mass is 32.2. The Labute approximate surface area is 154 Å². The number of aryl methyl sites for hydroxylation is 1. The predicted octanol–water partition coefficient (Wildman–Crippen LogP) is 0.0561. The molecule has 142 valence electrons. The summed E-state index contributed by atoms with van der Waals surface area (Å²) in [6.07, 6.45) is 3.25. The van der Waals surface area contributed by atoms with Crippen LogP contribution in [0.5, 0.6) is 5.75 Å². The molecule has 0 atom stereocenters. The van der Waals surface area contributed by atoms with Gasteiger partial charge in [0.25, 0.3) is 5.91 Å².